The Morgan fingerprint density at radius 1 is 1.29 bits per heavy atom. The summed E-state index contributed by atoms with van der Waals surface area (Å²) in [4.78, 5) is 13.7. The Balaban J connectivity index is 1.86. The van der Waals surface area contributed by atoms with Crippen LogP contribution in [0.1, 0.15) is 38.2 Å². The summed E-state index contributed by atoms with van der Waals surface area (Å²) in [6.07, 6.45) is 2.48. The van der Waals surface area contributed by atoms with Gasteiger partial charge in [0.1, 0.15) is 5.75 Å². The average molecular weight is 290 g/mol. The van der Waals surface area contributed by atoms with Crippen molar-refractivity contribution in [2.75, 3.05) is 32.8 Å². The Bertz CT molecular complexity index is 435. The minimum Gasteiger partial charge on any atom is -0.484 e. The van der Waals surface area contributed by atoms with Crippen LogP contribution in [-0.4, -0.2) is 43.6 Å². The van der Waals surface area contributed by atoms with E-state index in [0.29, 0.717) is 5.92 Å². The molecule has 0 saturated carbocycles. The first-order chi connectivity index (χ1) is 10.2. The molecule has 1 aliphatic rings. The zero-order valence-electron chi connectivity index (χ0n) is 13.1. The summed E-state index contributed by atoms with van der Waals surface area (Å²) in [5.74, 6) is 1.41. The molecule has 1 unspecified atom stereocenters. The van der Waals surface area contributed by atoms with Crippen LogP contribution >= 0.6 is 0 Å². The van der Waals surface area contributed by atoms with Crippen LogP contribution in [0.2, 0.25) is 0 Å². The lowest BCUT2D eigenvalue weighted by Crippen LogP contribution is -2.34. The molecule has 1 fully saturated rings. The number of hydrogen-bond acceptors (Lipinski definition) is 3. The zero-order valence-corrected chi connectivity index (χ0v) is 13.1. The highest BCUT2D eigenvalue weighted by Gasteiger charge is 2.15. The van der Waals surface area contributed by atoms with Crippen LogP contribution in [0.15, 0.2) is 24.3 Å². The second kappa shape index (κ2) is 8.03. The normalized spacial score (nSPS) is 18.3. The fraction of sp³-hybridized carbons (Fsp3) is 0.588. The van der Waals surface area contributed by atoms with E-state index in [0.717, 1.165) is 31.9 Å². The van der Waals surface area contributed by atoms with E-state index < -0.39 is 0 Å². The number of ether oxygens (including phenoxy) is 1. The van der Waals surface area contributed by atoms with Gasteiger partial charge in [0.2, 0.25) is 0 Å². The smallest absolute Gasteiger partial charge is 0.260 e. The highest BCUT2D eigenvalue weighted by molar-refractivity contribution is 5.77. The number of benzene rings is 1. The van der Waals surface area contributed by atoms with Gasteiger partial charge >= 0.3 is 0 Å². The number of nitrogens with one attached hydrogen (secondary N) is 1. The van der Waals surface area contributed by atoms with Crippen molar-refractivity contribution >= 4 is 5.91 Å². The third-order valence-electron chi connectivity index (χ3n) is 4.13. The monoisotopic (exact) mass is 290 g/mol. The lowest BCUT2D eigenvalue weighted by molar-refractivity contribution is -0.132. The van der Waals surface area contributed by atoms with Crippen molar-refractivity contribution in [1.29, 1.82) is 0 Å². The molecule has 21 heavy (non-hydrogen) atoms. The van der Waals surface area contributed by atoms with Crippen LogP contribution in [-0.2, 0) is 4.79 Å². The predicted octanol–water partition coefficient (Wildman–Crippen LogP) is 2.40. The van der Waals surface area contributed by atoms with E-state index in [9.17, 15) is 4.79 Å². The number of hydrogen-bond donors (Lipinski definition) is 1. The van der Waals surface area contributed by atoms with Crippen LogP contribution in [0.25, 0.3) is 0 Å². The van der Waals surface area contributed by atoms with Crippen molar-refractivity contribution in [2.24, 2.45) is 0 Å². The largest absolute Gasteiger partial charge is 0.484 e. The third kappa shape index (κ3) is 4.46. The van der Waals surface area contributed by atoms with Gasteiger partial charge < -0.3 is 15.0 Å². The number of rotatable bonds is 6. The first kappa shape index (κ1) is 15.8. The molecule has 0 aromatic heterocycles. The first-order valence-electron chi connectivity index (χ1n) is 7.95. The molecule has 1 aromatic rings. The van der Waals surface area contributed by atoms with Gasteiger partial charge in [-0.1, -0.05) is 12.1 Å². The summed E-state index contributed by atoms with van der Waals surface area (Å²) in [5.41, 5.74) is 1.35. The fourth-order valence-electron chi connectivity index (χ4n) is 2.79. The standard InChI is InChI=1S/C17H26N2O2/c1-3-19(4-2)17(20)13-21-16-9-7-14(8-10-16)15-6-5-11-18-12-15/h7-10,15,18H,3-6,11-13H2,1-2H3. The van der Waals surface area contributed by atoms with E-state index in [-0.39, 0.29) is 12.5 Å². The number of carbonyl (C=O) groups is 1. The minimum atomic E-state index is 0.0422. The van der Waals surface area contributed by atoms with Crippen LogP contribution in [0.3, 0.4) is 0 Å². The Morgan fingerprint density at radius 3 is 2.57 bits per heavy atom. The van der Waals surface area contributed by atoms with Crippen molar-refractivity contribution in [2.45, 2.75) is 32.6 Å². The van der Waals surface area contributed by atoms with Gasteiger partial charge in [0, 0.05) is 19.6 Å². The molecular formula is C17H26N2O2. The van der Waals surface area contributed by atoms with Crippen molar-refractivity contribution in [3.8, 4) is 5.75 Å². The molecule has 0 aliphatic carbocycles. The molecule has 1 heterocycles. The highest BCUT2D eigenvalue weighted by Crippen LogP contribution is 2.24. The van der Waals surface area contributed by atoms with Gasteiger partial charge in [-0.05, 0) is 56.8 Å². The Morgan fingerprint density at radius 2 is 2.00 bits per heavy atom. The van der Waals surface area contributed by atoms with Gasteiger partial charge in [0.05, 0.1) is 0 Å². The number of amides is 1. The summed E-state index contributed by atoms with van der Waals surface area (Å²) >= 11 is 0. The molecule has 2 rings (SSSR count). The molecular weight excluding hydrogens is 264 g/mol. The van der Waals surface area contributed by atoms with Crippen molar-refractivity contribution < 1.29 is 9.53 Å². The molecule has 4 heteroatoms. The summed E-state index contributed by atoms with van der Waals surface area (Å²) in [6.45, 7) is 7.72. The van der Waals surface area contributed by atoms with Gasteiger partial charge in [0.25, 0.3) is 5.91 Å². The van der Waals surface area contributed by atoms with Crippen LogP contribution in [0.5, 0.6) is 5.75 Å². The van der Waals surface area contributed by atoms with Crippen LogP contribution < -0.4 is 10.1 Å². The minimum absolute atomic E-state index is 0.0422. The van der Waals surface area contributed by atoms with E-state index in [1.165, 1.54) is 18.4 Å². The molecule has 0 bridgehead atoms. The summed E-state index contributed by atoms with van der Waals surface area (Å²) in [7, 11) is 0. The molecule has 1 aliphatic heterocycles. The summed E-state index contributed by atoms with van der Waals surface area (Å²) in [6, 6.07) is 8.18. The van der Waals surface area contributed by atoms with Crippen molar-refractivity contribution in [1.82, 2.24) is 10.2 Å². The lowest BCUT2D eigenvalue weighted by atomic mass is 9.92. The SMILES string of the molecule is CCN(CC)C(=O)COc1ccc(C2CCCNC2)cc1. The van der Waals surface area contributed by atoms with E-state index in [4.69, 9.17) is 4.74 Å². The van der Waals surface area contributed by atoms with E-state index in [1.54, 1.807) is 4.90 Å². The molecule has 1 amide bonds. The Hall–Kier alpha value is -1.55. The van der Waals surface area contributed by atoms with Crippen LogP contribution in [0.4, 0.5) is 0 Å². The maximum atomic E-state index is 11.9. The van der Waals surface area contributed by atoms with E-state index >= 15 is 0 Å². The zero-order chi connectivity index (χ0) is 15.1. The van der Waals surface area contributed by atoms with Crippen LogP contribution in [0, 0.1) is 0 Å². The van der Waals surface area contributed by atoms with Gasteiger partial charge in [0.15, 0.2) is 6.61 Å². The number of carbonyl (C=O) groups excluding carboxylic acids is 1. The Kier molecular flexibility index (Phi) is 6.05. The maximum absolute atomic E-state index is 11.9. The molecule has 0 radical (unpaired) electrons. The van der Waals surface area contributed by atoms with Gasteiger partial charge in [-0.3, -0.25) is 4.79 Å². The predicted molar refractivity (Wildman–Crippen MR) is 84.7 cm³/mol. The molecule has 1 N–H and O–H groups in total. The van der Waals surface area contributed by atoms with Gasteiger partial charge in [-0.15, -0.1) is 0 Å². The van der Waals surface area contributed by atoms with E-state index in [2.05, 4.69) is 17.4 Å². The highest BCUT2D eigenvalue weighted by atomic mass is 16.5. The van der Waals surface area contributed by atoms with Gasteiger partial charge in [-0.2, -0.15) is 0 Å². The second-order valence-electron chi connectivity index (χ2n) is 5.47. The topological polar surface area (TPSA) is 41.6 Å². The molecule has 1 atom stereocenters. The average Bonchev–Trinajstić information content (AvgIpc) is 2.55. The number of piperidine rings is 1. The molecule has 116 valence electrons. The molecule has 0 spiro atoms. The van der Waals surface area contributed by atoms with Gasteiger partial charge in [-0.25, -0.2) is 0 Å². The maximum Gasteiger partial charge on any atom is 0.260 e. The third-order valence-corrected chi connectivity index (χ3v) is 4.13. The quantitative estimate of drug-likeness (QED) is 0.874. The fourth-order valence-corrected chi connectivity index (χ4v) is 2.79. The molecule has 1 saturated heterocycles. The summed E-state index contributed by atoms with van der Waals surface area (Å²) in [5, 5.41) is 3.43. The van der Waals surface area contributed by atoms with Crippen molar-refractivity contribution in [3.05, 3.63) is 29.8 Å². The first-order valence-corrected chi connectivity index (χ1v) is 7.95. The second-order valence-corrected chi connectivity index (χ2v) is 5.47. The molecule has 1 aromatic carbocycles. The number of likely N-dealkylation sites (N-methyl/N-ethyl adjacent to an activating group) is 1. The number of nitrogens with zero attached hydrogens (tertiary/aromatic N) is 1. The Labute approximate surface area is 127 Å². The molecule has 4 nitrogen and oxygen atoms in total. The lowest BCUT2D eigenvalue weighted by Gasteiger charge is -2.23. The van der Waals surface area contributed by atoms with E-state index in [1.807, 2.05) is 26.0 Å². The summed E-state index contributed by atoms with van der Waals surface area (Å²) < 4.78 is 5.59. The van der Waals surface area contributed by atoms with Crippen molar-refractivity contribution in [3.63, 3.8) is 0 Å².